The summed E-state index contributed by atoms with van der Waals surface area (Å²) in [5, 5.41) is 6.15. The van der Waals surface area contributed by atoms with Crippen LogP contribution in [0.1, 0.15) is 10.4 Å². The number of anilines is 1. The summed E-state index contributed by atoms with van der Waals surface area (Å²) < 4.78 is 0. The Labute approximate surface area is 141 Å². The zero-order valence-electron chi connectivity index (χ0n) is 11.2. The maximum atomic E-state index is 12.1. The SMILES string of the molecule is O=C(Nc1nc(-c2ccc(Cl)c(Cl)c2)cs1)c1ccccc1. The van der Waals surface area contributed by atoms with Crippen LogP contribution in [0.25, 0.3) is 11.3 Å². The maximum absolute atomic E-state index is 12.1. The first kappa shape index (κ1) is 15.0. The molecule has 0 saturated carbocycles. The van der Waals surface area contributed by atoms with Gasteiger partial charge in [-0.05, 0) is 24.3 Å². The molecule has 1 aromatic heterocycles. The highest BCUT2D eigenvalue weighted by molar-refractivity contribution is 7.14. The van der Waals surface area contributed by atoms with E-state index < -0.39 is 0 Å². The number of carbonyl (C=O) groups excluding carboxylic acids is 1. The second kappa shape index (κ2) is 6.48. The lowest BCUT2D eigenvalue weighted by Crippen LogP contribution is -2.11. The first-order valence-corrected chi connectivity index (χ1v) is 8.04. The number of nitrogens with zero attached hydrogens (tertiary/aromatic N) is 1. The summed E-state index contributed by atoms with van der Waals surface area (Å²) in [5.74, 6) is -0.185. The first-order valence-electron chi connectivity index (χ1n) is 6.41. The van der Waals surface area contributed by atoms with Crippen LogP contribution in [0, 0.1) is 0 Å². The lowest BCUT2D eigenvalue weighted by molar-refractivity contribution is 0.102. The Kier molecular flexibility index (Phi) is 4.43. The molecule has 1 amide bonds. The van der Waals surface area contributed by atoms with Crippen LogP contribution in [0.4, 0.5) is 5.13 Å². The van der Waals surface area contributed by atoms with Gasteiger partial charge in [0.15, 0.2) is 5.13 Å². The molecule has 3 aromatic rings. The van der Waals surface area contributed by atoms with E-state index in [1.807, 2.05) is 29.6 Å². The maximum Gasteiger partial charge on any atom is 0.257 e. The van der Waals surface area contributed by atoms with Crippen molar-refractivity contribution in [3.8, 4) is 11.3 Å². The second-order valence-electron chi connectivity index (χ2n) is 4.49. The minimum absolute atomic E-state index is 0.185. The Balaban J connectivity index is 1.79. The molecule has 0 spiro atoms. The van der Waals surface area contributed by atoms with Crippen molar-refractivity contribution in [1.82, 2.24) is 4.98 Å². The molecular formula is C16H10Cl2N2OS. The van der Waals surface area contributed by atoms with Gasteiger partial charge in [0.1, 0.15) is 0 Å². The van der Waals surface area contributed by atoms with Crippen molar-refractivity contribution in [2.45, 2.75) is 0 Å². The van der Waals surface area contributed by atoms with Gasteiger partial charge in [0.05, 0.1) is 15.7 Å². The van der Waals surface area contributed by atoms with Gasteiger partial charge in [0.2, 0.25) is 0 Å². The van der Waals surface area contributed by atoms with E-state index in [2.05, 4.69) is 10.3 Å². The third kappa shape index (κ3) is 3.30. The Morgan fingerprint density at radius 3 is 2.55 bits per heavy atom. The summed E-state index contributed by atoms with van der Waals surface area (Å²) >= 11 is 13.3. The van der Waals surface area contributed by atoms with Crippen molar-refractivity contribution in [3.63, 3.8) is 0 Å². The molecule has 0 atom stereocenters. The molecule has 3 rings (SSSR count). The number of hydrogen-bond donors (Lipinski definition) is 1. The smallest absolute Gasteiger partial charge is 0.257 e. The van der Waals surface area contributed by atoms with E-state index >= 15 is 0 Å². The van der Waals surface area contributed by atoms with Gasteiger partial charge in [0, 0.05) is 16.5 Å². The van der Waals surface area contributed by atoms with Crippen molar-refractivity contribution in [2.24, 2.45) is 0 Å². The van der Waals surface area contributed by atoms with E-state index in [9.17, 15) is 4.79 Å². The molecule has 110 valence electrons. The summed E-state index contributed by atoms with van der Waals surface area (Å²) in [7, 11) is 0. The van der Waals surface area contributed by atoms with Crippen LogP contribution in [0.2, 0.25) is 10.0 Å². The number of hydrogen-bond acceptors (Lipinski definition) is 3. The summed E-state index contributed by atoms with van der Waals surface area (Å²) in [5.41, 5.74) is 2.19. The van der Waals surface area contributed by atoms with Gasteiger partial charge >= 0.3 is 0 Å². The predicted molar refractivity (Wildman–Crippen MR) is 92.0 cm³/mol. The molecule has 0 unspecified atom stereocenters. The van der Waals surface area contributed by atoms with E-state index in [1.54, 1.807) is 24.3 Å². The average Bonchev–Trinajstić information content (AvgIpc) is 2.99. The fourth-order valence-electron chi connectivity index (χ4n) is 1.88. The van der Waals surface area contributed by atoms with Crippen LogP contribution in [0.5, 0.6) is 0 Å². The quantitative estimate of drug-likeness (QED) is 0.691. The van der Waals surface area contributed by atoms with Crippen LogP contribution in [-0.2, 0) is 0 Å². The van der Waals surface area contributed by atoms with E-state index in [0.717, 1.165) is 11.3 Å². The zero-order chi connectivity index (χ0) is 15.5. The van der Waals surface area contributed by atoms with Crippen LogP contribution >= 0.6 is 34.5 Å². The number of nitrogens with one attached hydrogen (secondary N) is 1. The van der Waals surface area contributed by atoms with Gasteiger partial charge < -0.3 is 0 Å². The number of amides is 1. The minimum Gasteiger partial charge on any atom is -0.298 e. The van der Waals surface area contributed by atoms with E-state index in [0.29, 0.717) is 20.7 Å². The summed E-state index contributed by atoms with van der Waals surface area (Å²) in [6, 6.07) is 14.3. The molecule has 3 nitrogen and oxygen atoms in total. The summed E-state index contributed by atoms with van der Waals surface area (Å²) in [6.45, 7) is 0. The second-order valence-corrected chi connectivity index (χ2v) is 6.16. The number of carbonyl (C=O) groups is 1. The van der Waals surface area contributed by atoms with Crippen LogP contribution < -0.4 is 5.32 Å². The number of benzene rings is 2. The summed E-state index contributed by atoms with van der Waals surface area (Å²) in [6.07, 6.45) is 0. The Morgan fingerprint density at radius 1 is 1.05 bits per heavy atom. The highest BCUT2D eigenvalue weighted by atomic mass is 35.5. The summed E-state index contributed by atoms with van der Waals surface area (Å²) in [4.78, 5) is 16.5. The number of thiazole rings is 1. The van der Waals surface area contributed by atoms with Gasteiger partial charge in [-0.15, -0.1) is 11.3 Å². The molecule has 6 heteroatoms. The van der Waals surface area contributed by atoms with Crippen molar-refractivity contribution in [2.75, 3.05) is 5.32 Å². The normalized spacial score (nSPS) is 10.5. The molecule has 0 aliphatic carbocycles. The molecule has 0 fully saturated rings. The highest BCUT2D eigenvalue weighted by Gasteiger charge is 2.10. The van der Waals surface area contributed by atoms with Crippen LogP contribution in [-0.4, -0.2) is 10.9 Å². The predicted octanol–water partition coefficient (Wildman–Crippen LogP) is 5.37. The number of halogens is 2. The van der Waals surface area contributed by atoms with Gasteiger partial charge in [-0.3, -0.25) is 10.1 Å². The van der Waals surface area contributed by atoms with Crippen molar-refractivity contribution in [3.05, 3.63) is 69.5 Å². The van der Waals surface area contributed by atoms with Gasteiger partial charge in [-0.1, -0.05) is 47.5 Å². The molecular weight excluding hydrogens is 339 g/mol. The molecule has 22 heavy (non-hydrogen) atoms. The topological polar surface area (TPSA) is 42.0 Å². The molecule has 0 saturated heterocycles. The fourth-order valence-corrected chi connectivity index (χ4v) is 2.89. The molecule has 2 aromatic carbocycles. The van der Waals surface area contributed by atoms with E-state index in [-0.39, 0.29) is 5.91 Å². The molecule has 0 aliphatic heterocycles. The van der Waals surface area contributed by atoms with Crippen molar-refractivity contribution < 1.29 is 4.79 Å². The molecule has 1 heterocycles. The molecule has 0 aliphatic rings. The van der Waals surface area contributed by atoms with E-state index in [1.165, 1.54) is 11.3 Å². The number of rotatable bonds is 3. The lowest BCUT2D eigenvalue weighted by atomic mass is 10.2. The Bertz CT molecular complexity index is 818. The molecule has 0 radical (unpaired) electrons. The van der Waals surface area contributed by atoms with E-state index in [4.69, 9.17) is 23.2 Å². The Morgan fingerprint density at radius 2 is 1.82 bits per heavy atom. The average molecular weight is 349 g/mol. The Hall–Kier alpha value is -1.88. The van der Waals surface area contributed by atoms with Crippen molar-refractivity contribution in [1.29, 1.82) is 0 Å². The third-order valence-corrected chi connectivity index (χ3v) is 4.47. The lowest BCUT2D eigenvalue weighted by Gasteiger charge is -2.01. The van der Waals surface area contributed by atoms with Crippen LogP contribution in [0.3, 0.4) is 0 Å². The van der Waals surface area contributed by atoms with Gasteiger partial charge in [-0.25, -0.2) is 4.98 Å². The van der Waals surface area contributed by atoms with Gasteiger partial charge in [0.25, 0.3) is 5.91 Å². The third-order valence-electron chi connectivity index (χ3n) is 2.98. The van der Waals surface area contributed by atoms with Crippen molar-refractivity contribution >= 4 is 45.6 Å². The van der Waals surface area contributed by atoms with Gasteiger partial charge in [-0.2, -0.15) is 0 Å². The molecule has 1 N–H and O–H groups in total. The fraction of sp³-hybridized carbons (Fsp3) is 0. The highest BCUT2D eigenvalue weighted by Crippen LogP contribution is 2.30. The first-order chi connectivity index (χ1) is 10.6. The monoisotopic (exact) mass is 348 g/mol. The number of aromatic nitrogens is 1. The largest absolute Gasteiger partial charge is 0.298 e. The van der Waals surface area contributed by atoms with Crippen LogP contribution in [0.15, 0.2) is 53.9 Å². The standard InChI is InChI=1S/C16H10Cl2N2OS/c17-12-7-6-11(8-13(12)18)14-9-22-16(19-14)20-15(21)10-4-2-1-3-5-10/h1-9H,(H,19,20,21). The molecule has 0 bridgehead atoms. The minimum atomic E-state index is -0.185. The zero-order valence-corrected chi connectivity index (χ0v) is 13.5.